The van der Waals surface area contributed by atoms with E-state index >= 15 is 0 Å². The summed E-state index contributed by atoms with van der Waals surface area (Å²) in [6, 6.07) is 5.07. The Kier molecular flexibility index (Phi) is 3.25. The molecule has 2 bridgehead atoms. The summed E-state index contributed by atoms with van der Waals surface area (Å²) in [5, 5.41) is 3.92. The Balaban J connectivity index is 1.96. The van der Waals surface area contributed by atoms with Crippen molar-refractivity contribution in [1.29, 1.82) is 0 Å². The normalized spacial score (nSPS) is 34.5. The van der Waals surface area contributed by atoms with Gasteiger partial charge in [0.2, 0.25) is 0 Å². The lowest BCUT2D eigenvalue weighted by molar-refractivity contribution is 0.155. The number of halogens is 1. The molecule has 1 aromatic carbocycles. The van der Waals surface area contributed by atoms with Gasteiger partial charge in [0.25, 0.3) is 0 Å². The minimum atomic E-state index is 0.393. The number of nitrogens with one attached hydrogen (secondary N) is 1. The predicted molar refractivity (Wildman–Crippen MR) is 90.3 cm³/mol. The van der Waals surface area contributed by atoms with E-state index in [-0.39, 0.29) is 0 Å². The Morgan fingerprint density at radius 2 is 1.90 bits per heavy atom. The third kappa shape index (κ3) is 2.03. The van der Waals surface area contributed by atoms with Gasteiger partial charge >= 0.3 is 0 Å². The van der Waals surface area contributed by atoms with Crippen molar-refractivity contribution in [1.82, 2.24) is 0 Å². The molecule has 2 fully saturated rings. The van der Waals surface area contributed by atoms with Crippen molar-refractivity contribution in [3.05, 3.63) is 27.7 Å². The fourth-order valence-corrected chi connectivity index (χ4v) is 5.69. The summed E-state index contributed by atoms with van der Waals surface area (Å²) in [7, 11) is 0. The van der Waals surface area contributed by atoms with E-state index in [4.69, 9.17) is 0 Å². The zero-order valence-corrected chi connectivity index (χ0v) is 14.9. The molecule has 2 aliphatic carbocycles. The van der Waals surface area contributed by atoms with E-state index in [1.54, 1.807) is 0 Å². The molecule has 1 aromatic rings. The van der Waals surface area contributed by atoms with E-state index in [1.165, 1.54) is 40.5 Å². The first-order chi connectivity index (χ1) is 9.24. The first-order valence-electron chi connectivity index (χ1n) is 7.77. The number of hydrogen-bond donors (Lipinski definition) is 1. The smallest absolute Gasteiger partial charge is 0.0517 e. The monoisotopic (exact) mass is 335 g/mol. The van der Waals surface area contributed by atoms with Crippen LogP contribution in [0.1, 0.15) is 51.2 Å². The Morgan fingerprint density at radius 3 is 2.45 bits per heavy atom. The van der Waals surface area contributed by atoms with Crippen molar-refractivity contribution in [2.75, 3.05) is 5.32 Å². The van der Waals surface area contributed by atoms with Crippen LogP contribution in [-0.4, -0.2) is 6.04 Å². The van der Waals surface area contributed by atoms with Gasteiger partial charge < -0.3 is 5.32 Å². The van der Waals surface area contributed by atoms with Crippen molar-refractivity contribution in [3.63, 3.8) is 0 Å². The summed E-state index contributed by atoms with van der Waals surface area (Å²) in [6.07, 6.45) is 4.18. The van der Waals surface area contributed by atoms with Crippen LogP contribution in [0, 0.1) is 30.6 Å². The van der Waals surface area contributed by atoms with Crippen LogP contribution in [0.15, 0.2) is 16.6 Å². The minimum Gasteiger partial charge on any atom is -0.380 e. The molecule has 0 spiro atoms. The van der Waals surface area contributed by atoms with Gasteiger partial charge in [-0.3, -0.25) is 0 Å². The fourth-order valence-electron chi connectivity index (χ4n) is 4.91. The lowest BCUT2D eigenvalue weighted by Crippen LogP contribution is -2.46. The Morgan fingerprint density at radius 1 is 1.20 bits per heavy atom. The first-order valence-corrected chi connectivity index (χ1v) is 8.56. The van der Waals surface area contributed by atoms with E-state index in [1.807, 2.05) is 0 Å². The maximum absolute atomic E-state index is 3.92. The maximum atomic E-state index is 3.92. The highest BCUT2D eigenvalue weighted by Gasteiger charge is 2.59. The van der Waals surface area contributed by atoms with Crippen LogP contribution in [0.3, 0.4) is 0 Å². The zero-order chi connectivity index (χ0) is 14.7. The quantitative estimate of drug-likeness (QED) is 0.731. The van der Waals surface area contributed by atoms with Crippen LogP contribution >= 0.6 is 15.9 Å². The molecule has 1 N–H and O–H groups in total. The zero-order valence-electron chi connectivity index (χ0n) is 13.3. The molecular formula is C18H26BrN. The molecule has 2 saturated carbocycles. The van der Waals surface area contributed by atoms with Gasteiger partial charge in [-0.25, -0.2) is 0 Å². The number of hydrogen-bond acceptors (Lipinski definition) is 1. The Hall–Kier alpha value is -0.500. The second-order valence-corrected chi connectivity index (χ2v) is 8.79. The molecule has 0 aliphatic heterocycles. The Labute approximate surface area is 131 Å². The van der Waals surface area contributed by atoms with Gasteiger partial charge in [0.05, 0.1) is 5.69 Å². The molecule has 2 aliphatic rings. The summed E-state index contributed by atoms with van der Waals surface area (Å²) in [5.74, 6) is 0.884. The highest BCUT2D eigenvalue weighted by Crippen LogP contribution is 2.63. The third-order valence-electron chi connectivity index (χ3n) is 5.99. The molecule has 0 radical (unpaired) electrons. The van der Waals surface area contributed by atoms with E-state index in [2.05, 4.69) is 68.0 Å². The summed E-state index contributed by atoms with van der Waals surface area (Å²) in [6.45, 7) is 11.8. The van der Waals surface area contributed by atoms with Crippen LogP contribution in [0.5, 0.6) is 0 Å². The average Bonchev–Trinajstić information content (AvgIpc) is 2.77. The molecule has 3 atom stereocenters. The predicted octanol–water partition coefficient (Wildman–Crippen LogP) is 5.69. The summed E-state index contributed by atoms with van der Waals surface area (Å²) < 4.78 is 1.21. The van der Waals surface area contributed by atoms with Crippen LogP contribution in [-0.2, 0) is 0 Å². The molecular weight excluding hydrogens is 310 g/mol. The third-order valence-corrected chi connectivity index (χ3v) is 6.62. The molecule has 0 saturated heterocycles. The molecule has 0 aromatic heterocycles. The molecule has 2 heteroatoms. The number of fused-ring (bicyclic) bond motifs is 2. The van der Waals surface area contributed by atoms with E-state index in [0.717, 1.165) is 5.92 Å². The molecule has 1 nitrogen and oxygen atoms in total. The second kappa shape index (κ2) is 4.50. The van der Waals surface area contributed by atoms with Crippen LogP contribution in [0.4, 0.5) is 5.69 Å². The number of rotatable bonds is 2. The molecule has 0 heterocycles. The maximum Gasteiger partial charge on any atom is 0.0517 e. The van der Waals surface area contributed by atoms with Gasteiger partial charge in [-0.15, -0.1) is 0 Å². The molecule has 3 rings (SSSR count). The van der Waals surface area contributed by atoms with E-state index < -0.39 is 0 Å². The molecule has 110 valence electrons. The van der Waals surface area contributed by atoms with Crippen LogP contribution < -0.4 is 5.32 Å². The Bertz CT molecular complexity index is 521. The van der Waals surface area contributed by atoms with Gasteiger partial charge in [-0.1, -0.05) is 26.8 Å². The summed E-state index contributed by atoms with van der Waals surface area (Å²) >= 11 is 3.75. The van der Waals surface area contributed by atoms with Crippen LogP contribution in [0.2, 0.25) is 0 Å². The second-order valence-electron chi connectivity index (χ2n) is 7.93. The van der Waals surface area contributed by atoms with E-state index in [9.17, 15) is 0 Å². The SMILES string of the molecule is Cc1cc(C)c(NC2C3(C)CCC(C3)C2(C)C)c(Br)c1. The molecule has 0 amide bonds. The van der Waals surface area contributed by atoms with Crippen molar-refractivity contribution < 1.29 is 0 Å². The minimum absolute atomic E-state index is 0.393. The van der Waals surface area contributed by atoms with Gasteiger partial charge in [0.1, 0.15) is 0 Å². The largest absolute Gasteiger partial charge is 0.380 e. The highest BCUT2D eigenvalue weighted by atomic mass is 79.9. The summed E-state index contributed by atoms with van der Waals surface area (Å²) in [5.41, 5.74) is 4.81. The fraction of sp³-hybridized carbons (Fsp3) is 0.667. The van der Waals surface area contributed by atoms with Crippen molar-refractivity contribution in [3.8, 4) is 0 Å². The lowest BCUT2D eigenvalue weighted by Gasteiger charge is -2.44. The van der Waals surface area contributed by atoms with E-state index in [0.29, 0.717) is 16.9 Å². The highest BCUT2D eigenvalue weighted by molar-refractivity contribution is 9.10. The van der Waals surface area contributed by atoms with Crippen molar-refractivity contribution in [2.45, 2.75) is 59.9 Å². The van der Waals surface area contributed by atoms with Gasteiger partial charge in [-0.2, -0.15) is 0 Å². The van der Waals surface area contributed by atoms with Gasteiger partial charge in [0.15, 0.2) is 0 Å². The number of aryl methyl sites for hydroxylation is 2. The van der Waals surface area contributed by atoms with Gasteiger partial charge in [0, 0.05) is 10.5 Å². The number of anilines is 1. The average molecular weight is 336 g/mol. The topological polar surface area (TPSA) is 12.0 Å². The first kappa shape index (κ1) is 14.4. The van der Waals surface area contributed by atoms with Crippen molar-refractivity contribution in [2.24, 2.45) is 16.7 Å². The molecule has 20 heavy (non-hydrogen) atoms. The lowest BCUT2D eigenvalue weighted by atomic mass is 9.68. The van der Waals surface area contributed by atoms with Crippen LogP contribution in [0.25, 0.3) is 0 Å². The standard InChI is InChI=1S/C18H26BrN/c1-11-8-12(2)15(14(19)9-11)20-16-17(3,4)13-6-7-18(16,5)10-13/h8-9,13,16,20H,6-7,10H2,1-5H3. The van der Waals surface area contributed by atoms with Crippen molar-refractivity contribution >= 4 is 21.6 Å². The summed E-state index contributed by atoms with van der Waals surface area (Å²) in [4.78, 5) is 0. The molecule has 3 unspecified atom stereocenters. The number of benzene rings is 1. The van der Waals surface area contributed by atoms with Gasteiger partial charge in [-0.05, 0) is 83.0 Å².